The van der Waals surface area contributed by atoms with Gasteiger partial charge in [0.2, 0.25) is 5.91 Å². The van der Waals surface area contributed by atoms with Crippen molar-refractivity contribution in [3.05, 3.63) is 35.6 Å². The Morgan fingerprint density at radius 3 is 2.53 bits per heavy atom. The molecule has 19 heavy (non-hydrogen) atoms. The topological polar surface area (TPSA) is 55.4 Å². The molecule has 1 rings (SSSR count). The van der Waals surface area contributed by atoms with E-state index in [0.29, 0.717) is 5.56 Å². The Balaban J connectivity index is 2.53. The van der Waals surface area contributed by atoms with Crippen LogP contribution in [0.15, 0.2) is 24.3 Å². The Morgan fingerprint density at radius 1 is 1.32 bits per heavy atom. The summed E-state index contributed by atoms with van der Waals surface area (Å²) in [5.41, 5.74) is -0.602. The molecule has 0 fully saturated rings. The average Bonchev–Trinajstić information content (AvgIpc) is 2.36. The van der Waals surface area contributed by atoms with Crippen LogP contribution in [0.1, 0.15) is 25.8 Å². The van der Waals surface area contributed by atoms with Gasteiger partial charge in [-0.3, -0.25) is 4.79 Å². The van der Waals surface area contributed by atoms with Crippen LogP contribution < -0.4 is 5.32 Å². The third kappa shape index (κ3) is 4.35. The van der Waals surface area contributed by atoms with Crippen molar-refractivity contribution in [3.63, 3.8) is 0 Å². The van der Waals surface area contributed by atoms with Gasteiger partial charge in [-0.15, -0.1) is 0 Å². The molecular formula is C14H18FNO3. The van der Waals surface area contributed by atoms with Gasteiger partial charge in [-0.2, -0.15) is 0 Å². The molecule has 0 aliphatic rings. The van der Waals surface area contributed by atoms with Gasteiger partial charge < -0.3 is 10.1 Å². The standard InChI is InChI=1S/C14H18FNO3/c1-14(2,13(18)19-3)16-12(17)9-8-10-6-4-5-7-11(10)15/h4-7H,8-9H2,1-3H3,(H,16,17). The number of nitrogens with one attached hydrogen (secondary N) is 1. The van der Waals surface area contributed by atoms with Crippen LogP contribution in [0.5, 0.6) is 0 Å². The Kier molecular flexibility index (Phi) is 5.03. The molecule has 0 atom stereocenters. The van der Waals surface area contributed by atoms with Crippen molar-refractivity contribution in [2.24, 2.45) is 0 Å². The van der Waals surface area contributed by atoms with E-state index in [4.69, 9.17) is 0 Å². The average molecular weight is 267 g/mol. The highest BCUT2D eigenvalue weighted by Gasteiger charge is 2.30. The van der Waals surface area contributed by atoms with Crippen LogP contribution in [0.4, 0.5) is 4.39 Å². The monoisotopic (exact) mass is 267 g/mol. The molecule has 0 bridgehead atoms. The van der Waals surface area contributed by atoms with Gasteiger partial charge >= 0.3 is 5.97 Å². The molecule has 0 spiro atoms. The lowest BCUT2D eigenvalue weighted by molar-refractivity contribution is -0.149. The number of ether oxygens (including phenoxy) is 1. The number of esters is 1. The van der Waals surface area contributed by atoms with Gasteiger partial charge in [-0.25, -0.2) is 9.18 Å². The second-order valence-electron chi connectivity index (χ2n) is 4.76. The molecule has 1 amide bonds. The second-order valence-corrected chi connectivity index (χ2v) is 4.76. The molecule has 0 unspecified atom stereocenters. The van der Waals surface area contributed by atoms with Crippen molar-refractivity contribution in [1.29, 1.82) is 0 Å². The molecule has 4 nitrogen and oxygen atoms in total. The van der Waals surface area contributed by atoms with Gasteiger partial charge in [0.25, 0.3) is 0 Å². The Labute approximate surface area is 112 Å². The van der Waals surface area contributed by atoms with E-state index >= 15 is 0 Å². The van der Waals surface area contributed by atoms with Gasteiger partial charge in [-0.05, 0) is 31.9 Å². The lowest BCUT2D eigenvalue weighted by atomic mass is 10.0. The minimum absolute atomic E-state index is 0.112. The molecule has 104 valence electrons. The Hall–Kier alpha value is -1.91. The van der Waals surface area contributed by atoms with E-state index in [-0.39, 0.29) is 24.6 Å². The number of halogens is 1. The van der Waals surface area contributed by atoms with Crippen LogP contribution in [0, 0.1) is 5.82 Å². The molecule has 0 saturated carbocycles. The lowest BCUT2D eigenvalue weighted by Crippen LogP contribution is -2.50. The predicted octanol–water partition coefficient (Wildman–Crippen LogP) is 1.83. The number of carbonyl (C=O) groups excluding carboxylic acids is 2. The number of amides is 1. The van der Waals surface area contributed by atoms with Gasteiger partial charge in [0.05, 0.1) is 7.11 Å². The molecule has 0 saturated heterocycles. The summed E-state index contributed by atoms with van der Waals surface area (Å²) in [6.07, 6.45) is 0.400. The normalized spacial score (nSPS) is 10.9. The first kappa shape index (κ1) is 15.1. The number of carbonyl (C=O) groups is 2. The van der Waals surface area contributed by atoms with Crippen LogP contribution in [-0.4, -0.2) is 24.5 Å². The Morgan fingerprint density at radius 2 is 1.95 bits per heavy atom. The summed E-state index contributed by atoms with van der Waals surface area (Å²) in [5, 5.41) is 2.56. The molecule has 1 N–H and O–H groups in total. The van der Waals surface area contributed by atoms with E-state index < -0.39 is 11.5 Å². The fraction of sp³-hybridized carbons (Fsp3) is 0.429. The molecular weight excluding hydrogens is 249 g/mol. The van der Waals surface area contributed by atoms with Gasteiger partial charge in [-0.1, -0.05) is 18.2 Å². The number of rotatable bonds is 5. The molecule has 1 aromatic rings. The number of benzene rings is 1. The first-order valence-electron chi connectivity index (χ1n) is 5.99. The predicted molar refractivity (Wildman–Crippen MR) is 69.0 cm³/mol. The van der Waals surface area contributed by atoms with Crippen LogP contribution in [-0.2, 0) is 20.7 Å². The summed E-state index contributed by atoms with van der Waals surface area (Å²) >= 11 is 0. The molecule has 0 aliphatic heterocycles. The number of hydrogen-bond acceptors (Lipinski definition) is 3. The minimum Gasteiger partial charge on any atom is -0.467 e. The van der Waals surface area contributed by atoms with E-state index in [1.165, 1.54) is 13.2 Å². The lowest BCUT2D eigenvalue weighted by Gasteiger charge is -2.23. The third-order valence-corrected chi connectivity index (χ3v) is 2.73. The van der Waals surface area contributed by atoms with Crippen LogP contribution in [0.3, 0.4) is 0 Å². The van der Waals surface area contributed by atoms with E-state index in [0.717, 1.165) is 0 Å². The summed E-state index contributed by atoms with van der Waals surface area (Å²) in [5.74, 6) is -1.17. The van der Waals surface area contributed by atoms with Crippen LogP contribution in [0.2, 0.25) is 0 Å². The number of aryl methyl sites for hydroxylation is 1. The fourth-order valence-electron chi connectivity index (χ4n) is 1.67. The second kappa shape index (κ2) is 6.31. The zero-order valence-corrected chi connectivity index (χ0v) is 11.3. The minimum atomic E-state index is -1.08. The fourth-order valence-corrected chi connectivity index (χ4v) is 1.67. The first-order chi connectivity index (χ1) is 8.86. The van der Waals surface area contributed by atoms with E-state index in [2.05, 4.69) is 10.1 Å². The molecule has 5 heteroatoms. The largest absolute Gasteiger partial charge is 0.467 e. The zero-order valence-electron chi connectivity index (χ0n) is 11.3. The van der Waals surface area contributed by atoms with Crippen LogP contribution in [0.25, 0.3) is 0 Å². The molecule has 0 heterocycles. The quantitative estimate of drug-likeness (QED) is 0.828. The summed E-state index contributed by atoms with van der Waals surface area (Å²) in [4.78, 5) is 23.1. The van der Waals surface area contributed by atoms with Crippen molar-refractivity contribution < 1.29 is 18.7 Å². The van der Waals surface area contributed by atoms with Crippen LogP contribution >= 0.6 is 0 Å². The molecule has 0 aromatic heterocycles. The van der Waals surface area contributed by atoms with E-state index in [9.17, 15) is 14.0 Å². The highest BCUT2D eigenvalue weighted by Crippen LogP contribution is 2.10. The van der Waals surface area contributed by atoms with Crippen molar-refractivity contribution in [2.45, 2.75) is 32.2 Å². The van der Waals surface area contributed by atoms with E-state index in [1.54, 1.807) is 32.0 Å². The van der Waals surface area contributed by atoms with Crippen molar-refractivity contribution in [1.82, 2.24) is 5.32 Å². The Bertz CT molecular complexity index is 472. The first-order valence-corrected chi connectivity index (χ1v) is 5.99. The maximum Gasteiger partial charge on any atom is 0.330 e. The van der Waals surface area contributed by atoms with Gasteiger partial charge in [0, 0.05) is 6.42 Å². The van der Waals surface area contributed by atoms with Crippen molar-refractivity contribution in [3.8, 4) is 0 Å². The zero-order chi connectivity index (χ0) is 14.5. The molecule has 0 aliphatic carbocycles. The molecule has 1 aromatic carbocycles. The number of hydrogen-bond donors (Lipinski definition) is 1. The maximum absolute atomic E-state index is 13.4. The smallest absolute Gasteiger partial charge is 0.330 e. The molecule has 0 radical (unpaired) electrons. The van der Waals surface area contributed by atoms with Crippen molar-refractivity contribution >= 4 is 11.9 Å². The maximum atomic E-state index is 13.4. The van der Waals surface area contributed by atoms with Crippen molar-refractivity contribution in [2.75, 3.05) is 7.11 Å². The highest BCUT2D eigenvalue weighted by molar-refractivity contribution is 5.87. The third-order valence-electron chi connectivity index (χ3n) is 2.73. The van der Waals surface area contributed by atoms with E-state index in [1.807, 2.05) is 0 Å². The summed E-state index contributed by atoms with van der Waals surface area (Å²) in [6, 6.07) is 6.30. The summed E-state index contributed by atoms with van der Waals surface area (Å²) in [7, 11) is 1.26. The highest BCUT2D eigenvalue weighted by atomic mass is 19.1. The van der Waals surface area contributed by atoms with Gasteiger partial charge in [0.15, 0.2) is 0 Å². The van der Waals surface area contributed by atoms with Gasteiger partial charge in [0.1, 0.15) is 11.4 Å². The SMILES string of the molecule is COC(=O)C(C)(C)NC(=O)CCc1ccccc1F. The summed E-state index contributed by atoms with van der Waals surface area (Å²) < 4.78 is 17.9. The summed E-state index contributed by atoms with van der Waals surface area (Å²) in [6.45, 7) is 3.11. The number of methoxy groups -OCH3 is 1.